The maximum Gasteiger partial charge on any atom is 0.306 e. The van der Waals surface area contributed by atoms with Gasteiger partial charge in [-0.2, -0.15) is 0 Å². The Labute approximate surface area is 103 Å². The maximum atomic E-state index is 11.2. The largest absolute Gasteiger partial charge is 0.466 e. The van der Waals surface area contributed by atoms with E-state index in [1.165, 1.54) is 11.1 Å². The number of esters is 1. The fourth-order valence-corrected chi connectivity index (χ4v) is 1.66. The van der Waals surface area contributed by atoms with Crippen LogP contribution in [0.15, 0.2) is 24.3 Å². The monoisotopic (exact) mass is 235 g/mol. The Balaban J connectivity index is 2.42. The van der Waals surface area contributed by atoms with Crippen LogP contribution in [0.4, 0.5) is 0 Å². The van der Waals surface area contributed by atoms with Gasteiger partial charge in [0.15, 0.2) is 0 Å². The van der Waals surface area contributed by atoms with Crippen molar-refractivity contribution in [3.63, 3.8) is 0 Å². The van der Waals surface area contributed by atoms with E-state index in [9.17, 15) is 4.79 Å². The second-order valence-corrected chi connectivity index (χ2v) is 4.36. The van der Waals surface area contributed by atoms with Crippen molar-refractivity contribution in [2.45, 2.75) is 26.3 Å². The van der Waals surface area contributed by atoms with Gasteiger partial charge in [-0.3, -0.25) is 4.79 Å². The van der Waals surface area contributed by atoms with Gasteiger partial charge in [0.1, 0.15) is 0 Å². The lowest BCUT2D eigenvalue weighted by molar-refractivity contribution is -0.143. The van der Waals surface area contributed by atoms with Crippen LogP contribution in [0.5, 0.6) is 0 Å². The van der Waals surface area contributed by atoms with Gasteiger partial charge in [-0.05, 0) is 38.6 Å². The zero-order valence-corrected chi connectivity index (χ0v) is 10.9. The average Bonchev–Trinajstić information content (AvgIpc) is 2.28. The van der Waals surface area contributed by atoms with Gasteiger partial charge in [0.2, 0.25) is 0 Å². The normalized spacial score (nSPS) is 10.6. The van der Waals surface area contributed by atoms with E-state index in [1.807, 2.05) is 6.92 Å². The van der Waals surface area contributed by atoms with Crippen molar-refractivity contribution < 1.29 is 9.53 Å². The molecule has 17 heavy (non-hydrogen) atoms. The molecule has 0 spiro atoms. The lowest BCUT2D eigenvalue weighted by Crippen LogP contribution is -2.10. The van der Waals surface area contributed by atoms with E-state index in [0.29, 0.717) is 13.0 Å². The first kappa shape index (κ1) is 13.7. The van der Waals surface area contributed by atoms with Crippen molar-refractivity contribution in [2.75, 3.05) is 20.7 Å². The number of nitrogens with zero attached hydrogens (tertiary/aromatic N) is 1. The highest BCUT2D eigenvalue weighted by molar-refractivity contribution is 5.69. The van der Waals surface area contributed by atoms with Gasteiger partial charge in [0, 0.05) is 13.0 Å². The minimum absolute atomic E-state index is 0.120. The molecule has 0 saturated heterocycles. The van der Waals surface area contributed by atoms with Crippen LogP contribution in [0.1, 0.15) is 24.5 Å². The molecule has 1 rings (SSSR count). The zero-order valence-electron chi connectivity index (χ0n) is 10.9. The van der Waals surface area contributed by atoms with Crippen molar-refractivity contribution in [2.24, 2.45) is 0 Å². The molecular weight excluding hydrogens is 214 g/mol. The highest BCUT2D eigenvalue weighted by atomic mass is 16.5. The molecule has 3 heteroatoms. The van der Waals surface area contributed by atoms with Crippen LogP contribution in [-0.4, -0.2) is 31.6 Å². The van der Waals surface area contributed by atoms with E-state index in [1.54, 1.807) is 0 Å². The number of rotatable bonds is 6. The first-order valence-corrected chi connectivity index (χ1v) is 6.00. The van der Waals surface area contributed by atoms with Gasteiger partial charge < -0.3 is 9.64 Å². The Hall–Kier alpha value is -1.35. The second-order valence-electron chi connectivity index (χ2n) is 4.36. The molecule has 0 amide bonds. The molecule has 0 heterocycles. The van der Waals surface area contributed by atoms with E-state index >= 15 is 0 Å². The minimum Gasteiger partial charge on any atom is -0.466 e. The molecule has 0 radical (unpaired) electrons. The first-order valence-electron chi connectivity index (χ1n) is 6.00. The third kappa shape index (κ3) is 5.50. The van der Waals surface area contributed by atoms with Crippen LogP contribution in [0.25, 0.3) is 0 Å². The number of carbonyl (C=O) groups excluding carboxylic acids is 1. The van der Waals surface area contributed by atoms with Crippen LogP contribution in [0.2, 0.25) is 0 Å². The molecule has 0 saturated carbocycles. The smallest absolute Gasteiger partial charge is 0.306 e. The summed E-state index contributed by atoms with van der Waals surface area (Å²) in [4.78, 5) is 13.3. The summed E-state index contributed by atoms with van der Waals surface area (Å²) in [5.74, 6) is -0.120. The Morgan fingerprint density at radius 2 is 1.76 bits per heavy atom. The molecule has 0 aromatic heterocycles. The highest BCUT2D eigenvalue weighted by Gasteiger charge is 2.02. The molecule has 0 bridgehead atoms. The van der Waals surface area contributed by atoms with Crippen molar-refractivity contribution in [3.8, 4) is 0 Å². The number of carbonyl (C=O) groups is 1. The van der Waals surface area contributed by atoms with E-state index in [4.69, 9.17) is 4.74 Å². The third-order valence-corrected chi connectivity index (χ3v) is 2.44. The van der Waals surface area contributed by atoms with Crippen molar-refractivity contribution in [1.29, 1.82) is 0 Å². The van der Waals surface area contributed by atoms with E-state index in [2.05, 4.69) is 43.3 Å². The number of aryl methyl sites for hydroxylation is 1. The van der Waals surface area contributed by atoms with Crippen LogP contribution < -0.4 is 0 Å². The summed E-state index contributed by atoms with van der Waals surface area (Å²) in [6.07, 6.45) is 1.21. The van der Waals surface area contributed by atoms with Gasteiger partial charge in [-0.25, -0.2) is 0 Å². The third-order valence-electron chi connectivity index (χ3n) is 2.44. The van der Waals surface area contributed by atoms with Crippen molar-refractivity contribution in [3.05, 3.63) is 35.4 Å². The Morgan fingerprint density at radius 3 is 2.29 bits per heavy atom. The predicted molar refractivity (Wildman–Crippen MR) is 68.8 cm³/mol. The molecule has 1 aromatic rings. The topological polar surface area (TPSA) is 29.5 Å². The SMILES string of the molecule is CCOC(=O)CCc1ccc(CN(C)C)cc1. The standard InChI is InChI=1S/C14H21NO2/c1-4-17-14(16)10-9-12-5-7-13(8-6-12)11-15(2)3/h5-8H,4,9-11H2,1-3H3. The van der Waals surface area contributed by atoms with Crippen LogP contribution in [0, 0.1) is 0 Å². The summed E-state index contributed by atoms with van der Waals surface area (Å²) in [5, 5.41) is 0. The summed E-state index contributed by atoms with van der Waals surface area (Å²) in [7, 11) is 4.10. The molecular formula is C14H21NO2. The van der Waals surface area contributed by atoms with Crippen LogP contribution >= 0.6 is 0 Å². The van der Waals surface area contributed by atoms with Crippen LogP contribution in [-0.2, 0) is 22.5 Å². The van der Waals surface area contributed by atoms with Gasteiger partial charge >= 0.3 is 5.97 Å². The summed E-state index contributed by atoms with van der Waals surface area (Å²) in [5.41, 5.74) is 2.47. The summed E-state index contributed by atoms with van der Waals surface area (Å²) >= 11 is 0. The minimum atomic E-state index is -0.120. The van der Waals surface area contributed by atoms with Gasteiger partial charge in [0.25, 0.3) is 0 Å². The first-order chi connectivity index (χ1) is 8.11. The quantitative estimate of drug-likeness (QED) is 0.708. The summed E-state index contributed by atoms with van der Waals surface area (Å²) < 4.78 is 4.89. The maximum absolute atomic E-state index is 11.2. The number of hydrogen-bond acceptors (Lipinski definition) is 3. The molecule has 0 N–H and O–H groups in total. The summed E-state index contributed by atoms with van der Waals surface area (Å²) in [6.45, 7) is 3.23. The highest BCUT2D eigenvalue weighted by Crippen LogP contribution is 2.08. The molecule has 0 fully saturated rings. The lowest BCUT2D eigenvalue weighted by Gasteiger charge is -2.10. The van der Waals surface area contributed by atoms with E-state index in [0.717, 1.165) is 13.0 Å². The molecule has 0 unspecified atom stereocenters. The van der Waals surface area contributed by atoms with Crippen LogP contribution in [0.3, 0.4) is 0 Å². The Bertz CT molecular complexity index is 344. The van der Waals surface area contributed by atoms with E-state index < -0.39 is 0 Å². The Morgan fingerprint density at radius 1 is 1.18 bits per heavy atom. The second kappa shape index (κ2) is 7.07. The molecule has 0 aliphatic rings. The average molecular weight is 235 g/mol. The van der Waals surface area contributed by atoms with Crippen molar-refractivity contribution >= 4 is 5.97 Å². The molecule has 0 atom stereocenters. The molecule has 3 nitrogen and oxygen atoms in total. The van der Waals surface area contributed by atoms with Gasteiger partial charge in [-0.15, -0.1) is 0 Å². The molecule has 94 valence electrons. The molecule has 1 aromatic carbocycles. The zero-order chi connectivity index (χ0) is 12.7. The summed E-state index contributed by atoms with van der Waals surface area (Å²) in [6, 6.07) is 8.39. The molecule has 0 aliphatic carbocycles. The lowest BCUT2D eigenvalue weighted by atomic mass is 10.1. The fourth-order valence-electron chi connectivity index (χ4n) is 1.66. The number of hydrogen-bond donors (Lipinski definition) is 0. The van der Waals surface area contributed by atoms with Crippen molar-refractivity contribution in [1.82, 2.24) is 4.90 Å². The van der Waals surface area contributed by atoms with E-state index in [-0.39, 0.29) is 5.97 Å². The van der Waals surface area contributed by atoms with Gasteiger partial charge in [-0.1, -0.05) is 24.3 Å². The number of benzene rings is 1. The predicted octanol–water partition coefficient (Wildman–Crippen LogP) is 2.24. The fraction of sp³-hybridized carbons (Fsp3) is 0.500. The Kier molecular flexibility index (Phi) is 5.70. The number of ether oxygens (including phenoxy) is 1. The molecule has 0 aliphatic heterocycles. The van der Waals surface area contributed by atoms with Gasteiger partial charge in [0.05, 0.1) is 6.61 Å².